The van der Waals surface area contributed by atoms with Crippen LogP contribution in [0.25, 0.3) is 0 Å². The molecule has 0 aromatic heterocycles. The number of hydrogen-bond acceptors (Lipinski definition) is 0. The van der Waals surface area contributed by atoms with E-state index in [1.165, 1.54) is 19.3 Å². The molecule has 0 radical (unpaired) electrons. The first-order valence-electron chi connectivity index (χ1n) is 7.45. The van der Waals surface area contributed by atoms with Crippen LogP contribution >= 0.6 is 0 Å². The first-order chi connectivity index (χ1) is 7.45. The maximum Gasteiger partial charge on any atom is -0.0287 e. The zero-order valence-corrected chi connectivity index (χ0v) is 12.1. The van der Waals surface area contributed by atoms with E-state index in [0.717, 1.165) is 35.5 Å². The molecule has 0 saturated heterocycles. The Bertz CT molecular complexity index is 253. The molecule has 0 aromatic rings. The highest BCUT2D eigenvalue weighted by molar-refractivity contribution is 5.07. The highest BCUT2D eigenvalue weighted by Gasteiger charge is 2.59. The van der Waals surface area contributed by atoms with E-state index >= 15 is 0 Å². The summed E-state index contributed by atoms with van der Waals surface area (Å²) in [6.45, 7) is 14.8. The molecule has 6 unspecified atom stereocenters. The molecule has 2 aliphatic rings. The molecule has 2 rings (SSSR count). The van der Waals surface area contributed by atoms with Crippen LogP contribution in [0.4, 0.5) is 0 Å². The largest absolute Gasteiger partial charge is 0.0651 e. The third-order valence-electron chi connectivity index (χ3n) is 6.07. The molecule has 0 aromatic carbocycles. The van der Waals surface area contributed by atoms with Gasteiger partial charge in [0.05, 0.1) is 0 Å². The Labute approximate surface area is 102 Å². The van der Waals surface area contributed by atoms with Crippen molar-refractivity contribution in [3.63, 3.8) is 0 Å². The van der Waals surface area contributed by atoms with Gasteiger partial charge in [0.1, 0.15) is 0 Å². The van der Waals surface area contributed by atoms with E-state index in [0.29, 0.717) is 5.41 Å². The molecule has 16 heavy (non-hydrogen) atoms. The van der Waals surface area contributed by atoms with E-state index in [9.17, 15) is 0 Å². The lowest BCUT2D eigenvalue weighted by molar-refractivity contribution is -0.0382. The standard InChI is InChI=1S/C16H30/c1-7-12-9-10(3)14(12)16(5,6)15-11(4)13(15)8-2/h10-15H,7-9H2,1-6H3. The molecule has 94 valence electrons. The highest BCUT2D eigenvalue weighted by atomic mass is 14.6. The SMILES string of the molecule is CCC1CC(C)C1C(C)(C)C1C(C)C1CC. The minimum Gasteiger partial charge on any atom is -0.0651 e. The maximum atomic E-state index is 2.56. The predicted octanol–water partition coefficient (Wildman–Crippen LogP) is 4.99. The van der Waals surface area contributed by atoms with E-state index in [4.69, 9.17) is 0 Å². The summed E-state index contributed by atoms with van der Waals surface area (Å²) in [7, 11) is 0. The van der Waals surface area contributed by atoms with Crippen LogP contribution in [0.15, 0.2) is 0 Å². The van der Waals surface area contributed by atoms with Gasteiger partial charge in [-0.05, 0) is 47.3 Å². The van der Waals surface area contributed by atoms with Gasteiger partial charge >= 0.3 is 0 Å². The molecule has 0 nitrogen and oxygen atoms in total. The van der Waals surface area contributed by atoms with Gasteiger partial charge in [-0.2, -0.15) is 0 Å². The van der Waals surface area contributed by atoms with Crippen molar-refractivity contribution < 1.29 is 0 Å². The van der Waals surface area contributed by atoms with E-state index in [1.807, 2.05) is 0 Å². The van der Waals surface area contributed by atoms with Crippen molar-refractivity contribution in [3.8, 4) is 0 Å². The minimum absolute atomic E-state index is 0.596. The molecule has 0 heterocycles. The lowest BCUT2D eigenvalue weighted by Crippen LogP contribution is -2.46. The van der Waals surface area contributed by atoms with Crippen LogP contribution in [0.1, 0.15) is 60.8 Å². The Morgan fingerprint density at radius 1 is 1.00 bits per heavy atom. The summed E-state index contributed by atoms with van der Waals surface area (Å²) >= 11 is 0. The molecule has 0 heteroatoms. The monoisotopic (exact) mass is 222 g/mol. The lowest BCUT2D eigenvalue weighted by Gasteiger charge is -2.52. The van der Waals surface area contributed by atoms with Gasteiger partial charge in [-0.25, -0.2) is 0 Å². The second-order valence-corrected chi connectivity index (χ2v) is 7.19. The van der Waals surface area contributed by atoms with Crippen LogP contribution in [-0.4, -0.2) is 0 Å². The van der Waals surface area contributed by atoms with Gasteiger partial charge < -0.3 is 0 Å². The molecule has 0 aliphatic heterocycles. The average Bonchev–Trinajstić information content (AvgIpc) is 2.85. The molecule has 2 fully saturated rings. The first kappa shape index (κ1) is 12.5. The summed E-state index contributed by atoms with van der Waals surface area (Å²) in [6.07, 6.45) is 4.28. The molecule has 0 amide bonds. The Hall–Kier alpha value is 0. The van der Waals surface area contributed by atoms with Crippen molar-refractivity contribution in [3.05, 3.63) is 0 Å². The summed E-state index contributed by atoms with van der Waals surface area (Å²) in [4.78, 5) is 0. The summed E-state index contributed by atoms with van der Waals surface area (Å²) in [5, 5.41) is 0. The Morgan fingerprint density at radius 3 is 2.00 bits per heavy atom. The van der Waals surface area contributed by atoms with Gasteiger partial charge in [-0.3, -0.25) is 0 Å². The van der Waals surface area contributed by atoms with Crippen LogP contribution in [0.5, 0.6) is 0 Å². The summed E-state index contributed by atoms with van der Waals surface area (Å²) < 4.78 is 0. The fourth-order valence-corrected chi connectivity index (χ4v) is 5.42. The average molecular weight is 222 g/mol. The molecule has 0 bridgehead atoms. The summed E-state index contributed by atoms with van der Waals surface area (Å²) in [5.74, 6) is 6.03. The molecule has 2 saturated carbocycles. The smallest absolute Gasteiger partial charge is 0.0287 e. The van der Waals surface area contributed by atoms with Crippen molar-refractivity contribution >= 4 is 0 Å². The normalized spacial score (nSPS) is 47.6. The van der Waals surface area contributed by atoms with E-state index in [2.05, 4.69) is 41.5 Å². The van der Waals surface area contributed by atoms with Crippen LogP contribution < -0.4 is 0 Å². The molecule has 0 spiro atoms. The van der Waals surface area contributed by atoms with Crippen LogP contribution in [0, 0.1) is 40.9 Å². The Kier molecular flexibility index (Phi) is 3.14. The van der Waals surface area contributed by atoms with Crippen LogP contribution in [-0.2, 0) is 0 Å². The van der Waals surface area contributed by atoms with Crippen molar-refractivity contribution in [1.82, 2.24) is 0 Å². The zero-order valence-electron chi connectivity index (χ0n) is 12.1. The van der Waals surface area contributed by atoms with Crippen molar-refractivity contribution in [2.45, 2.75) is 60.8 Å². The number of hydrogen-bond donors (Lipinski definition) is 0. The van der Waals surface area contributed by atoms with Crippen molar-refractivity contribution in [2.24, 2.45) is 40.9 Å². The van der Waals surface area contributed by atoms with Gasteiger partial charge in [0.2, 0.25) is 0 Å². The molecular weight excluding hydrogens is 192 g/mol. The zero-order chi connectivity index (χ0) is 12.1. The van der Waals surface area contributed by atoms with Gasteiger partial charge in [0.25, 0.3) is 0 Å². The Balaban J connectivity index is 2.07. The van der Waals surface area contributed by atoms with E-state index in [1.54, 1.807) is 0 Å². The minimum atomic E-state index is 0.596. The summed E-state index contributed by atoms with van der Waals surface area (Å²) in [5.41, 5.74) is 0.596. The lowest BCUT2D eigenvalue weighted by atomic mass is 9.52. The molecule has 2 aliphatic carbocycles. The highest BCUT2D eigenvalue weighted by Crippen LogP contribution is 2.65. The predicted molar refractivity (Wildman–Crippen MR) is 71.3 cm³/mol. The third-order valence-corrected chi connectivity index (χ3v) is 6.07. The first-order valence-corrected chi connectivity index (χ1v) is 7.45. The van der Waals surface area contributed by atoms with E-state index < -0.39 is 0 Å². The van der Waals surface area contributed by atoms with Crippen molar-refractivity contribution in [2.75, 3.05) is 0 Å². The van der Waals surface area contributed by atoms with Gasteiger partial charge in [-0.1, -0.05) is 54.4 Å². The molecular formula is C16H30. The molecule has 6 atom stereocenters. The third kappa shape index (κ3) is 1.64. The fraction of sp³-hybridized carbons (Fsp3) is 1.00. The van der Waals surface area contributed by atoms with Crippen LogP contribution in [0.2, 0.25) is 0 Å². The Morgan fingerprint density at radius 2 is 1.62 bits per heavy atom. The number of rotatable bonds is 4. The van der Waals surface area contributed by atoms with Gasteiger partial charge in [-0.15, -0.1) is 0 Å². The fourth-order valence-electron chi connectivity index (χ4n) is 5.42. The summed E-state index contributed by atoms with van der Waals surface area (Å²) in [6, 6.07) is 0. The quantitative estimate of drug-likeness (QED) is 0.629. The maximum absolute atomic E-state index is 2.56. The second kappa shape index (κ2) is 4.03. The topological polar surface area (TPSA) is 0 Å². The second-order valence-electron chi connectivity index (χ2n) is 7.19. The van der Waals surface area contributed by atoms with E-state index in [-0.39, 0.29) is 0 Å². The van der Waals surface area contributed by atoms with Gasteiger partial charge in [0.15, 0.2) is 0 Å². The molecule has 0 N–H and O–H groups in total. The van der Waals surface area contributed by atoms with Crippen molar-refractivity contribution in [1.29, 1.82) is 0 Å². The van der Waals surface area contributed by atoms with Crippen LogP contribution in [0.3, 0.4) is 0 Å². The van der Waals surface area contributed by atoms with Gasteiger partial charge in [0, 0.05) is 0 Å².